The summed E-state index contributed by atoms with van der Waals surface area (Å²) < 4.78 is 39.1. The fraction of sp³-hybridized carbons (Fsp3) is 0.150. The minimum absolute atomic E-state index is 0.0396. The molecule has 0 N–H and O–H groups in total. The second-order valence-electron chi connectivity index (χ2n) is 6.25. The number of methoxy groups -OCH3 is 1. The molecule has 0 aliphatic rings. The van der Waals surface area contributed by atoms with Crippen LogP contribution in [0.15, 0.2) is 62.5 Å². The molecule has 0 amide bonds. The van der Waals surface area contributed by atoms with Crippen molar-refractivity contribution in [2.75, 3.05) is 7.11 Å². The number of ether oxygens (including phenoxy) is 2. The van der Waals surface area contributed by atoms with E-state index in [0.29, 0.717) is 0 Å². The van der Waals surface area contributed by atoms with Crippen molar-refractivity contribution in [3.8, 4) is 11.5 Å². The molecule has 0 aliphatic carbocycles. The lowest BCUT2D eigenvalue weighted by Crippen LogP contribution is -2.03. The summed E-state index contributed by atoms with van der Waals surface area (Å²) in [7, 11) is -2.53. The lowest BCUT2D eigenvalue weighted by Gasteiger charge is -2.12. The first-order valence-corrected chi connectivity index (χ1v) is 11.0. The summed E-state index contributed by atoms with van der Waals surface area (Å²) in [4.78, 5) is 11.0. The Bertz CT molecular complexity index is 1190. The molecule has 3 aromatic rings. The molecule has 1 heterocycles. The molecule has 0 atom stereocenters. The Balaban J connectivity index is 1.93. The number of rotatable bonds is 8. The summed E-state index contributed by atoms with van der Waals surface area (Å²) >= 11 is 1.03. The molecule has 156 valence electrons. The van der Waals surface area contributed by atoms with Crippen LogP contribution >= 0.6 is 11.3 Å². The van der Waals surface area contributed by atoms with Crippen LogP contribution in [0.2, 0.25) is 0 Å². The number of benzene rings is 2. The van der Waals surface area contributed by atoms with Crippen LogP contribution in [-0.4, -0.2) is 26.7 Å². The predicted octanol–water partition coefficient (Wildman–Crippen LogP) is 4.36. The fourth-order valence-electron chi connectivity index (χ4n) is 2.66. The molecule has 8 nitrogen and oxygen atoms in total. The third-order valence-corrected chi connectivity index (χ3v) is 6.64. The van der Waals surface area contributed by atoms with E-state index in [9.17, 15) is 18.5 Å². The molecular weight excluding hydrogens is 428 g/mol. The van der Waals surface area contributed by atoms with Crippen LogP contribution in [0.5, 0.6) is 11.5 Å². The third-order valence-electron chi connectivity index (χ3n) is 4.03. The molecule has 3 rings (SSSR count). The number of nitro benzene ring substituents is 1. The number of sulfonamides is 1. The molecule has 1 aromatic heterocycles. The molecule has 10 heteroatoms. The van der Waals surface area contributed by atoms with E-state index in [1.54, 1.807) is 11.4 Å². The van der Waals surface area contributed by atoms with Crippen LogP contribution in [0, 0.1) is 17.0 Å². The van der Waals surface area contributed by atoms with E-state index in [-0.39, 0.29) is 33.6 Å². The van der Waals surface area contributed by atoms with Crippen LogP contribution < -0.4 is 9.47 Å². The standard InChI is InChI=1S/C20H18N2O6S2/c1-14-5-3-6-15(9-14)13-28-20-17(22(23)24)10-16(11-18(20)27-2)12-21-30(25,26)19-7-4-8-29-19/h3-12H,13H2,1-2H3/b21-12-. The van der Waals surface area contributed by atoms with E-state index < -0.39 is 14.9 Å². The van der Waals surface area contributed by atoms with E-state index in [1.807, 2.05) is 31.2 Å². The van der Waals surface area contributed by atoms with Gasteiger partial charge in [0.25, 0.3) is 10.0 Å². The van der Waals surface area contributed by atoms with Crippen molar-refractivity contribution in [2.24, 2.45) is 4.40 Å². The quantitative estimate of drug-likeness (QED) is 0.289. The van der Waals surface area contributed by atoms with Crippen LogP contribution in [-0.2, 0) is 16.6 Å². The lowest BCUT2D eigenvalue weighted by atomic mass is 10.1. The van der Waals surface area contributed by atoms with Gasteiger partial charge >= 0.3 is 5.69 Å². The Kier molecular flexibility index (Phi) is 6.48. The Morgan fingerprint density at radius 3 is 2.63 bits per heavy atom. The topological polar surface area (TPSA) is 108 Å². The molecule has 0 spiro atoms. The molecule has 0 unspecified atom stereocenters. The van der Waals surface area contributed by atoms with Gasteiger partial charge in [0.1, 0.15) is 10.8 Å². The number of hydrogen-bond donors (Lipinski definition) is 0. The Morgan fingerprint density at radius 2 is 2.00 bits per heavy atom. The van der Waals surface area contributed by atoms with Gasteiger partial charge in [-0.3, -0.25) is 10.1 Å². The lowest BCUT2D eigenvalue weighted by molar-refractivity contribution is -0.386. The summed E-state index contributed by atoms with van der Waals surface area (Å²) in [5.41, 5.74) is 1.73. The smallest absolute Gasteiger partial charge is 0.315 e. The number of nitro groups is 1. The molecule has 2 aromatic carbocycles. The Morgan fingerprint density at radius 1 is 1.20 bits per heavy atom. The summed E-state index contributed by atoms with van der Waals surface area (Å²) in [5, 5.41) is 13.2. The molecule has 0 saturated carbocycles. The van der Waals surface area contributed by atoms with Crippen LogP contribution in [0.25, 0.3) is 0 Å². The monoisotopic (exact) mass is 446 g/mol. The highest BCUT2D eigenvalue weighted by Gasteiger charge is 2.23. The summed E-state index contributed by atoms with van der Waals surface area (Å²) in [6.45, 7) is 2.05. The maximum Gasteiger partial charge on any atom is 0.315 e. The van der Waals surface area contributed by atoms with E-state index >= 15 is 0 Å². The van der Waals surface area contributed by atoms with Gasteiger partial charge in [-0.1, -0.05) is 35.9 Å². The molecule has 0 fully saturated rings. The minimum atomic E-state index is -3.88. The van der Waals surface area contributed by atoms with Crippen molar-refractivity contribution in [3.05, 3.63) is 80.7 Å². The maximum atomic E-state index is 12.2. The van der Waals surface area contributed by atoms with Crippen molar-refractivity contribution >= 4 is 33.3 Å². The number of thiophene rings is 1. The van der Waals surface area contributed by atoms with Crippen molar-refractivity contribution in [2.45, 2.75) is 17.7 Å². The zero-order chi connectivity index (χ0) is 21.7. The van der Waals surface area contributed by atoms with E-state index in [2.05, 4.69) is 4.40 Å². The van der Waals surface area contributed by atoms with E-state index in [4.69, 9.17) is 9.47 Å². The van der Waals surface area contributed by atoms with Gasteiger partial charge < -0.3 is 9.47 Å². The van der Waals surface area contributed by atoms with Gasteiger partial charge in [0, 0.05) is 17.8 Å². The number of aryl methyl sites for hydroxylation is 1. The second-order valence-corrected chi connectivity index (χ2v) is 9.05. The van der Waals surface area contributed by atoms with Crippen molar-refractivity contribution in [1.82, 2.24) is 0 Å². The highest BCUT2D eigenvalue weighted by molar-refractivity contribution is 7.92. The average Bonchev–Trinajstić information content (AvgIpc) is 3.26. The van der Waals surface area contributed by atoms with Gasteiger partial charge in [0.2, 0.25) is 5.75 Å². The van der Waals surface area contributed by atoms with Crippen molar-refractivity contribution in [1.29, 1.82) is 0 Å². The fourth-order valence-corrected chi connectivity index (χ4v) is 4.51. The molecule has 30 heavy (non-hydrogen) atoms. The summed E-state index contributed by atoms with van der Waals surface area (Å²) in [5.74, 6) is 0.0640. The largest absolute Gasteiger partial charge is 0.493 e. The number of nitrogens with zero attached hydrogens (tertiary/aromatic N) is 2. The van der Waals surface area contributed by atoms with Gasteiger partial charge in [0.15, 0.2) is 5.75 Å². The van der Waals surface area contributed by atoms with Crippen LogP contribution in [0.4, 0.5) is 5.69 Å². The zero-order valence-electron chi connectivity index (χ0n) is 16.1. The van der Waals surface area contributed by atoms with E-state index in [0.717, 1.165) is 28.7 Å². The number of hydrogen-bond acceptors (Lipinski definition) is 7. The van der Waals surface area contributed by atoms with E-state index in [1.165, 1.54) is 25.3 Å². The normalized spacial score (nSPS) is 11.5. The van der Waals surface area contributed by atoms with Crippen molar-refractivity contribution in [3.63, 3.8) is 0 Å². The molecule has 0 bridgehead atoms. The Hall–Kier alpha value is -3.24. The minimum Gasteiger partial charge on any atom is -0.493 e. The van der Waals surface area contributed by atoms with Crippen LogP contribution in [0.1, 0.15) is 16.7 Å². The first-order valence-electron chi connectivity index (χ1n) is 8.69. The highest BCUT2D eigenvalue weighted by Crippen LogP contribution is 2.38. The summed E-state index contributed by atoms with van der Waals surface area (Å²) in [6, 6.07) is 13.2. The first kappa shape index (κ1) is 21.5. The Labute approximate surface area is 177 Å². The van der Waals surface area contributed by atoms with Gasteiger partial charge in [-0.2, -0.15) is 12.8 Å². The molecule has 0 aliphatic heterocycles. The van der Waals surface area contributed by atoms with Crippen molar-refractivity contribution < 1.29 is 22.8 Å². The third kappa shape index (κ3) is 5.02. The van der Waals surface area contributed by atoms with Crippen LogP contribution in [0.3, 0.4) is 0 Å². The van der Waals surface area contributed by atoms with Gasteiger partial charge in [-0.15, -0.1) is 11.3 Å². The molecular formula is C20H18N2O6S2. The molecule has 0 radical (unpaired) electrons. The zero-order valence-corrected chi connectivity index (χ0v) is 17.8. The van der Waals surface area contributed by atoms with Gasteiger partial charge in [-0.05, 0) is 30.0 Å². The molecule has 0 saturated heterocycles. The van der Waals surface area contributed by atoms with Gasteiger partial charge in [-0.25, -0.2) is 0 Å². The maximum absolute atomic E-state index is 12.2. The summed E-state index contributed by atoms with van der Waals surface area (Å²) in [6.07, 6.45) is 1.05. The predicted molar refractivity (Wildman–Crippen MR) is 114 cm³/mol. The van der Waals surface area contributed by atoms with Gasteiger partial charge in [0.05, 0.1) is 12.0 Å². The SMILES string of the molecule is COc1cc(/C=N\S(=O)(=O)c2cccs2)cc([N+](=O)[O-])c1OCc1cccc(C)c1. The highest BCUT2D eigenvalue weighted by atomic mass is 32.2. The second kappa shape index (κ2) is 9.06. The first-order chi connectivity index (χ1) is 14.3. The average molecular weight is 447 g/mol.